The first-order valence-corrected chi connectivity index (χ1v) is 22.2. The first-order valence-electron chi connectivity index (χ1n) is 20.8. The second kappa shape index (κ2) is 35.6. The average Bonchev–Trinajstić information content (AvgIpc) is 3.10. The van der Waals surface area contributed by atoms with Gasteiger partial charge in [0, 0.05) is 6.42 Å². The Morgan fingerprint density at radius 3 is 1.68 bits per heavy atom. The van der Waals surface area contributed by atoms with Gasteiger partial charge in [0.1, 0.15) is 13.2 Å². The van der Waals surface area contributed by atoms with E-state index in [-0.39, 0.29) is 19.1 Å². The number of amides is 1. The van der Waals surface area contributed by atoms with E-state index in [1.807, 2.05) is 21.1 Å². The molecule has 0 aliphatic heterocycles. The van der Waals surface area contributed by atoms with Crippen molar-refractivity contribution in [2.24, 2.45) is 0 Å². The van der Waals surface area contributed by atoms with Gasteiger partial charge in [-0.25, -0.2) is 0 Å². The van der Waals surface area contributed by atoms with Crippen LogP contribution in [0.25, 0.3) is 0 Å². The van der Waals surface area contributed by atoms with E-state index in [1.165, 1.54) is 32.1 Å². The van der Waals surface area contributed by atoms with Crippen LogP contribution in [0.5, 0.6) is 0 Å². The maximum absolute atomic E-state index is 12.8. The van der Waals surface area contributed by atoms with E-state index in [9.17, 15) is 19.4 Å². The molecule has 1 amide bonds. The van der Waals surface area contributed by atoms with Crippen molar-refractivity contribution in [3.05, 3.63) is 72.9 Å². The van der Waals surface area contributed by atoms with Gasteiger partial charge in [-0.15, -0.1) is 0 Å². The van der Waals surface area contributed by atoms with Gasteiger partial charge in [0.25, 0.3) is 7.82 Å². The molecule has 0 aromatic rings. The van der Waals surface area contributed by atoms with Crippen molar-refractivity contribution >= 4 is 13.7 Å². The Bertz CT molecular complexity index is 1090. The summed E-state index contributed by atoms with van der Waals surface area (Å²) in [4.78, 5) is 25.2. The number of hydrogen-bond donors (Lipinski definition) is 2. The molecular formula is C44H79N2O6P. The Morgan fingerprint density at radius 1 is 0.679 bits per heavy atom. The van der Waals surface area contributed by atoms with Crippen molar-refractivity contribution in [1.29, 1.82) is 0 Å². The molecular weight excluding hydrogens is 683 g/mol. The minimum absolute atomic E-state index is 0.00219. The zero-order valence-corrected chi connectivity index (χ0v) is 35.3. The van der Waals surface area contributed by atoms with Crippen LogP contribution in [-0.2, 0) is 18.4 Å². The van der Waals surface area contributed by atoms with E-state index in [2.05, 4.69) is 92.1 Å². The Hall–Kier alpha value is -2.06. The predicted molar refractivity (Wildman–Crippen MR) is 223 cm³/mol. The number of allylic oxidation sites excluding steroid dienone is 12. The predicted octanol–water partition coefficient (Wildman–Crippen LogP) is 10.6. The maximum Gasteiger partial charge on any atom is 0.268 e. The summed E-state index contributed by atoms with van der Waals surface area (Å²) in [7, 11) is 1.27. The van der Waals surface area contributed by atoms with Gasteiger partial charge >= 0.3 is 0 Å². The third-order valence-corrected chi connectivity index (χ3v) is 9.67. The lowest BCUT2D eigenvalue weighted by atomic mass is 10.0. The highest BCUT2D eigenvalue weighted by Crippen LogP contribution is 2.38. The monoisotopic (exact) mass is 763 g/mol. The van der Waals surface area contributed by atoms with Gasteiger partial charge in [-0.3, -0.25) is 9.36 Å². The van der Waals surface area contributed by atoms with Crippen LogP contribution < -0.4 is 10.2 Å². The Labute approximate surface area is 325 Å². The molecule has 0 aliphatic carbocycles. The van der Waals surface area contributed by atoms with Gasteiger partial charge in [-0.05, 0) is 64.2 Å². The van der Waals surface area contributed by atoms with Crippen LogP contribution >= 0.6 is 7.82 Å². The summed E-state index contributed by atoms with van der Waals surface area (Å²) in [5.41, 5.74) is 0. The molecule has 3 atom stereocenters. The molecule has 0 saturated carbocycles. The Balaban J connectivity index is 4.35. The van der Waals surface area contributed by atoms with Crippen molar-refractivity contribution in [3.63, 3.8) is 0 Å². The second-order valence-corrected chi connectivity index (χ2v) is 16.4. The Kier molecular flexibility index (Phi) is 34.2. The molecule has 53 heavy (non-hydrogen) atoms. The van der Waals surface area contributed by atoms with E-state index in [0.29, 0.717) is 23.9 Å². The van der Waals surface area contributed by atoms with Crippen LogP contribution in [0.1, 0.15) is 149 Å². The quantitative estimate of drug-likeness (QED) is 0.0285. The number of quaternary nitrogens is 1. The smallest absolute Gasteiger partial charge is 0.268 e. The molecule has 0 aliphatic rings. The number of phosphoric acid groups is 1. The Morgan fingerprint density at radius 2 is 1.15 bits per heavy atom. The molecule has 0 spiro atoms. The third kappa shape index (κ3) is 38.0. The number of nitrogens with one attached hydrogen (secondary N) is 1. The van der Waals surface area contributed by atoms with E-state index >= 15 is 0 Å². The summed E-state index contributed by atoms with van der Waals surface area (Å²) in [6.07, 6.45) is 46.3. The third-order valence-electron chi connectivity index (χ3n) is 8.71. The van der Waals surface area contributed by atoms with Crippen molar-refractivity contribution in [3.8, 4) is 0 Å². The van der Waals surface area contributed by atoms with Crippen LogP contribution in [0.3, 0.4) is 0 Å². The van der Waals surface area contributed by atoms with Crippen LogP contribution in [0.2, 0.25) is 0 Å². The minimum atomic E-state index is -4.57. The molecule has 0 saturated heterocycles. The normalized spacial score (nSPS) is 15.2. The van der Waals surface area contributed by atoms with Gasteiger partial charge in [0.05, 0.1) is 39.9 Å². The first kappa shape index (κ1) is 50.9. The highest BCUT2D eigenvalue weighted by Gasteiger charge is 2.24. The molecule has 0 fully saturated rings. The van der Waals surface area contributed by atoms with E-state index < -0.39 is 20.0 Å². The zero-order valence-electron chi connectivity index (χ0n) is 34.4. The molecule has 0 aromatic heterocycles. The molecule has 0 aromatic carbocycles. The number of hydrogen-bond acceptors (Lipinski definition) is 6. The number of phosphoric ester groups is 1. The number of aliphatic hydroxyl groups is 1. The maximum atomic E-state index is 12.8. The van der Waals surface area contributed by atoms with Crippen molar-refractivity contribution in [2.45, 2.75) is 161 Å². The van der Waals surface area contributed by atoms with E-state index in [1.54, 1.807) is 0 Å². The fourth-order valence-electron chi connectivity index (χ4n) is 5.39. The molecule has 9 heteroatoms. The average molecular weight is 763 g/mol. The van der Waals surface area contributed by atoms with Gasteiger partial charge in [0.2, 0.25) is 5.91 Å². The first-order chi connectivity index (χ1) is 25.5. The number of carbonyl (C=O) groups is 1. The second-order valence-electron chi connectivity index (χ2n) is 15.0. The summed E-state index contributed by atoms with van der Waals surface area (Å²) >= 11 is 0. The molecule has 0 radical (unpaired) electrons. The van der Waals surface area contributed by atoms with Crippen LogP contribution in [0, 0.1) is 0 Å². The summed E-state index contributed by atoms with van der Waals surface area (Å²) < 4.78 is 23.1. The minimum Gasteiger partial charge on any atom is -0.756 e. The summed E-state index contributed by atoms with van der Waals surface area (Å²) in [5, 5.41) is 13.8. The molecule has 0 heterocycles. The lowest BCUT2D eigenvalue weighted by Crippen LogP contribution is -2.46. The number of aliphatic hydroxyl groups excluding tert-OH is 1. The van der Waals surface area contributed by atoms with Gasteiger partial charge in [-0.2, -0.15) is 0 Å². The van der Waals surface area contributed by atoms with Crippen molar-refractivity contribution in [1.82, 2.24) is 5.32 Å². The lowest BCUT2D eigenvalue weighted by Gasteiger charge is -2.30. The standard InChI is InChI=1S/C44H79N2O6P/c1-6-8-10-12-14-16-17-18-19-20-21-22-23-24-25-26-27-28-29-30-32-34-36-38-44(48)45-42(41-52-53(49,50)51-40-39-46(3,4)5)43(47)37-35-33-31-15-13-11-9-7-2/h8,10,14,16,18-19,21-22,24-25,27-28,42-43,47H,6-7,9,11-13,15,17,20,23,26,29-41H2,1-5H3,(H-,45,48,49,50)/b10-8-,16-14-,19-18-,22-21-,25-24-,28-27-. The van der Waals surface area contributed by atoms with Gasteiger partial charge in [0.15, 0.2) is 0 Å². The van der Waals surface area contributed by atoms with E-state index in [0.717, 1.165) is 89.9 Å². The number of rotatable bonds is 36. The number of unbranched alkanes of at least 4 members (excludes halogenated alkanes) is 11. The highest BCUT2D eigenvalue weighted by atomic mass is 31.2. The van der Waals surface area contributed by atoms with Crippen molar-refractivity contribution in [2.75, 3.05) is 40.9 Å². The summed E-state index contributed by atoms with van der Waals surface area (Å²) in [6, 6.07) is -0.815. The van der Waals surface area contributed by atoms with Crippen LogP contribution in [0.4, 0.5) is 0 Å². The molecule has 0 bridgehead atoms. The van der Waals surface area contributed by atoms with Gasteiger partial charge < -0.3 is 28.8 Å². The molecule has 8 nitrogen and oxygen atoms in total. The fraction of sp³-hybridized carbons (Fsp3) is 0.705. The van der Waals surface area contributed by atoms with Crippen molar-refractivity contribution < 1.29 is 32.9 Å². The number of nitrogens with zero attached hydrogens (tertiary/aromatic N) is 1. The summed E-state index contributed by atoms with van der Waals surface area (Å²) in [6.45, 7) is 4.51. The molecule has 306 valence electrons. The number of likely N-dealkylation sites (N-methyl/N-ethyl adjacent to an activating group) is 1. The fourth-order valence-corrected chi connectivity index (χ4v) is 6.12. The topological polar surface area (TPSA) is 108 Å². The summed E-state index contributed by atoms with van der Waals surface area (Å²) in [5.74, 6) is -0.197. The highest BCUT2D eigenvalue weighted by molar-refractivity contribution is 7.45. The molecule has 3 unspecified atom stereocenters. The molecule has 2 N–H and O–H groups in total. The van der Waals surface area contributed by atoms with Gasteiger partial charge in [-0.1, -0.05) is 151 Å². The van der Waals surface area contributed by atoms with E-state index in [4.69, 9.17) is 9.05 Å². The SMILES string of the molecule is CC/C=C\C/C=C\C/C=C\C/C=C\C/C=C\C/C=C\CCCCCCC(=O)NC(COP(=O)([O-])OCC[N+](C)(C)C)C(O)CCCCCCCCCC. The molecule has 0 rings (SSSR count). The lowest BCUT2D eigenvalue weighted by molar-refractivity contribution is -0.870. The largest absolute Gasteiger partial charge is 0.756 e. The number of carbonyl (C=O) groups excluding carboxylic acids is 1. The zero-order chi connectivity index (χ0) is 39.3. The van der Waals surface area contributed by atoms with Crippen LogP contribution in [0.15, 0.2) is 72.9 Å². The van der Waals surface area contributed by atoms with Crippen LogP contribution in [-0.4, -0.2) is 68.5 Å².